The highest BCUT2D eigenvalue weighted by Gasteiger charge is 2.24. The summed E-state index contributed by atoms with van der Waals surface area (Å²) in [4.78, 5) is 17.4. The van der Waals surface area contributed by atoms with Crippen molar-refractivity contribution >= 4 is 22.6 Å². The van der Waals surface area contributed by atoms with E-state index >= 15 is 0 Å². The number of aromatic amines is 1. The molecule has 0 spiro atoms. The summed E-state index contributed by atoms with van der Waals surface area (Å²) in [5.41, 5.74) is 3.41. The number of fused-ring (bicyclic) bond motifs is 3. The molecule has 2 heterocycles. The number of benzene rings is 2. The van der Waals surface area contributed by atoms with Crippen LogP contribution in [0.15, 0.2) is 42.5 Å². The number of anilines is 1. The normalized spacial score (nSPS) is 13.8. The zero-order chi connectivity index (χ0) is 16.7. The van der Waals surface area contributed by atoms with Crippen molar-refractivity contribution in [1.82, 2.24) is 9.88 Å². The molecule has 0 fully saturated rings. The van der Waals surface area contributed by atoms with E-state index in [9.17, 15) is 13.6 Å². The van der Waals surface area contributed by atoms with E-state index in [1.165, 1.54) is 36.4 Å². The van der Waals surface area contributed by atoms with Crippen molar-refractivity contribution in [3.8, 4) is 0 Å². The fourth-order valence-electron chi connectivity index (χ4n) is 3.10. The number of halogens is 2. The standard InChI is InChI=1S/C18H15F2N3O/c19-11-1-4-13(5-2-11)21-18(24)23-8-7-17-15(10-23)14-9-12(20)3-6-16(14)22-17/h1-6,9,22H,7-8,10H2,(H,21,24). The lowest BCUT2D eigenvalue weighted by atomic mass is 10.0. The lowest BCUT2D eigenvalue weighted by Crippen LogP contribution is -2.38. The minimum Gasteiger partial charge on any atom is -0.358 e. The van der Waals surface area contributed by atoms with E-state index in [0.717, 1.165) is 22.2 Å². The Balaban J connectivity index is 1.57. The number of nitrogens with zero attached hydrogens (tertiary/aromatic N) is 1. The summed E-state index contributed by atoms with van der Waals surface area (Å²) in [5, 5.41) is 3.57. The van der Waals surface area contributed by atoms with Crippen LogP contribution in [0.25, 0.3) is 10.9 Å². The first-order valence-electron chi connectivity index (χ1n) is 7.70. The summed E-state index contributed by atoms with van der Waals surface area (Å²) in [7, 11) is 0. The van der Waals surface area contributed by atoms with E-state index < -0.39 is 0 Å². The lowest BCUT2D eigenvalue weighted by molar-refractivity contribution is 0.206. The molecule has 1 aromatic heterocycles. The molecular formula is C18H15F2N3O. The second-order valence-electron chi connectivity index (χ2n) is 5.88. The maximum atomic E-state index is 13.5. The van der Waals surface area contributed by atoms with Crippen LogP contribution in [0.3, 0.4) is 0 Å². The summed E-state index contributed by atoms with van der Waals surface area (Å²) in [6.07, 6.45) is 0.683. The minimum absolute atomic E-state index is 0.252. The van der Waals surface area contributed by atoms with Crippen LogP contribution in [0, 0.1) is 11.6 Å². The predicted molar refractivity (Wildman–Crippen MR) is 87.8 cm³/mol. The summed E-state index contributed by atoms with van der Waals surface area (Å²) in [6, 6.07) is 10.0. The van der Waals surface area contributed by atoms with Crippen molar-refractivity contribution in [1.29, 1.82) is 0 Å². The van der Waals surface area contributed by atoms with Gasteiger partial charge in [0.2, 0.25) is 0 Å². The molecule has 2 amide bonds. The van der Waals surface area contributed by atoms with Crippen LogP contribution < -0.4 is 5.32 Å². The summed E-state index contributed by atoms with van der Waals surface area (Å²) >= 11 is 0. The van der Waals surface area contributed by atoms with Gasteiger partial charge in [0.05, 0.1) is 0 Å². The largest absolute Gasteiger partial charge is 0.358 e. The average Bonchev–Trinajstić information content (AvgIpc) is 2.94. The fourth-order valence-corrected chi connectivity index (χ4v) is 3.10. The number of hydrogen-bond acceptors (Lipinski definition) is 1. The Hall–Kier alpha value is -2.89. The quantitative estimate of drug-likeness (QED) is 0.696. The molecule has 1 aliphatic rings. The third kappa shape index (κ3) is 2.60. The Morgan fingerprint density at radius 3 is 2.62 bits per heavy atom. The minimum atomic E-state index is -0.351. The van der Waals surface area contributed by atoms with Gasteiger partial charge in [-0.2, -0.15) is 0 Å². The van der Waals surface area contributed by atoms with Gasteiger partial charge in [-0.25, -0.2) is 13.6 Å². The Bertz CT molecular complexity index is 918. The van der Waals surface area contributed by atoms with E-state index in [1.54, 1.807) is 11.0 Å². The molecule has 0 saturated heterocycles. The number of carbonyl (C=O) groups is 1. The number of urea groups is 1. The van der Waals surface area contributed by atoms with Crippen LogP contribution >= 0.6 is 0 Å². The predicted octanol–water partition coefficient (Wildman–Crippen LogP) is 4.04. The van der Waals surface area contributed by atoms with Crippen molar-refractivity contribution in [2.75, 3.05) is 11.9 Å². The molecule has 0 bridgehead atoms. The lowest BCUT2D eigenvalue weighted by Gasteiger charge is -2.27. The molecule has 2 N–H and O–H groups in total. The molecule has 0 radical (unpaired) electrons. The SMILES string of the molecule is O=C(Nc1ccc(F)cc1)N1CCc2[nH]c3ccc(F)cc3c2C1. The molecule has 1 aliphatic heterocycles. The molecule has 6 heteroatoms. The van der Waals surface area contributed by atoms with E-state index in [-0.39, 0.29) is 17.7 Å². The first-order valence-corrected chi connectivity index (χ1v) is 7.70. The summed E-state index contributed by atoms with van der Waals surface area (Å²) in [5.74, 6) is -0.645. The van der Waals surface area contributed by atoms with Gasteiger partial charge < -0.3 is 15.2 Å². The molecule has 2 aromatic carbocycles. The van der Waals surface area contributed by atoms with Crippen molar-refractivity contribution in [3.05, 3.63) is 65.4 Å². The van der Waals surface area contributed by atoms with Crippen molar-refractivity contribution in [3.63, 3.8) is 0 Å². The monoisotopic (exact) mass is 327 g/mol. The fraction of sp³-hybridized carbons (Fsp3) is 0.167. The van der Waals surface area contributed by atoms with Gasteiger partial charge in [-0.1, -0.05) is 0 Å². The topological polar surface area (TPSA) is 48.1 Å². The first kappa shape index (κ1) is 14.7. The van der Waals surface area contributed by atoms with Crippen LogP contribution in [0.5, 0.6) is 0 Å². The number of amides is 2. The molecule has 4 nitrogen and oxygen atoms in total. The molecule has 3 aromatic rings. The number of aromatic nitrogens is 1. The van der Waals surface area contributed by atoms with Gasteiger partial charge in [-0.3, -0.25) is 0 Å². The van der Waals surface area contributed by atoms with E-state index in [1.807, 2.05) is 0 Å². The van der Waals surface area contributed by atoms with Crippen molar-refractivity contribution in [2.45, 2.75) is 13.0 Å². The van der Waals surface area contributed by atoms with Gasteiger partial charge in [-0.05, 0) is 42.5 Å². The van der Waals surface area contributed by atoms with Crippen LogP contribution in [-0.2, 0) is 13.0 Å². The molecular weight excluding hydrogens is 312 g/mol. The second-order valence-corrected chi connectivity index (χ2v) is 5.88. The Kier molecular flexibility index (Phi) is 3.45. The van der Waals surface area contributed by atoms with E-state index in [2.05, 4.69) is 10.3 Å². The van der Waals surface area contributed by atoms with Crippen LogP contribution in [0.1, 0.15) is 11.3 Å². The van der Waals surface area contributed by atoms with E-state index in [4.69, 9.17) is 0 Å². The number of nitrogens with one attached hydrogen (secondary N) is 2. The molecule has 0 aliphatic carbocycles. The summed E-state index contributed by atoms with van der Waals surface area (Å²) < 4.78 is 26.5. The van der Waals surface area contributed by atoms with Crippen molar-refractivity contribution in [2.24, 2.45) is 0 Å². The van der Waals surface area contributed by atoms with Crippen LogP contribution in [0.4, 0.5) is 19.3 Å². The van der Waals surface area contributed by atoms with Crippen LogP contribution in [-0.4, -0.2) is 22.5 Å². The highest BCUT2D eigenvalue weighted by atomic mass is 19.1. The zero-order valence-corrected chi connectivity index (χ0v) is 12.8. The highest BCUT2D eigenvalue weighted by molar-refractivity contribution is 5.91. The number of rotatable bonds is 1. The smallest absolute Gasteiger partial charge is 0.322 e. The maximum Gasteiger partial charge on any atom is 0.322 e. The molecule has 24 heavy (non-hydrogen) atoms. The third-order valence-electron chi connectivity index (χ3n) is 4.32. The van der Waals surface area contributed by atoms with Gasteiger partial charge in [0.1, 0.15) is 11.6 Å². The Morgan fingerprint density at radius 1 is 1.08 bits per heavy atom. The molecule has 0 unspecified atom stereocenters. The Labute approximate surface area is 137 Å². The van der Waals surface area contributed by atoms with Gasteiger partial charge in [-0.15, -0.1) is 0 Å². The molecule has 122 valence electrons. The zero-order valence-electron chi connectivity index (χ0n) is 12.8. The first-order chi connectivity index (χ1) is 11.6. The number of hydrogen-bond donors (Lipinski definition) is 2. The van der Waals surface area contributed by atoms with Gasteiger partial charge >= 0.3 is 6.03 Å². The van der Waals surface area contributed by atoms with Crippen LogP contribution in [0.2, 0.25) is 0 Å². The van der Waals surface area contributed by atoms with E-state index in [0.29, 0.717) is 25.2 Å². The third-order valence-corrected chi connectivity index (χ3v) is 4.32. The molecule has 0 atom stereocenters. The molecule has 4 rings (SSSR count). The van der Waals surface area contributed by atoms with Gasteiger partial charge in [0.15, 0.2) is 0 Å². The highest BCUT2D eigenvalue weighted by Crippen LogP contribution is 2.28. The number of H-pyrrole nitrogens is 1. The number of carbonyl (C=O) groups excluding carboxylic acids is 1. The Morgan fingerprint density at radius 2 is 1.83 bits per heavy atom. The van der Waals surface area contributed by atoms with Crippen molar-refractivity contribution < 1.29 is 13.6 Å². The van der Waals surface area contributed by atoms with Gasteiger partial charge in [0.25, 0.3) is 0 Å². The maximum absolute atomic E-state index is 13.5. The summed E-state index contributed by atoms with van der Waals surface area (Å²) in [6.45, 7) is 0.973. The van der Waals surface area contributed by atoms with Gasteiger partial charge in [0, 0.05) is 47.4 Å². The molecule has 0 saturated carbocycles. The average molecular weight is 327 g/mol. The second kappa shape index (κ2) is 5.63.